The fourth-order valence-electron chi connectivity index (χ4n) is 3.96. The fraction of sp³-hybridized carbons (Fsp3) is 0.941. The second kappa shape index (κ2) is 8.79. The highest BCUT2D eigenvalue weighted by atomic mass is 35.5. The van der Waals surface area contributed by atoms with E-state index in [9.17, 15) is 4.79 Å². The number of hydrogen-bond donors (Lipinski definition) is 1. The lowest BCUT2D eigenvalue weighted by Gasteiger charge is -2.38. The van der Waals surface area contributed by atoms with E-state index in [0.29, 0.717) is 24.0 Å². The minimum atomic E-state index is 0. The normalized spacial score (nSPS) is 32.1. The van der Waals surface area contributed by atoms with E-state index in [1.807, 2.05) is 11.8 Å². The zero-order valence-electron chi connectivity index (χ0n) is 13.8. The maximum absolute atomic E-state index is 12.8. The molecule has 1 unspecified atom stereocenters. The summed E-state index contributed by atoms with van der Waals surface area (Å²) >= 11 is 1.99. The standard InChI is InChI=1S/C17H30N2OS.ClH/c1-2-13-3-5-15(6-4-13)19(16-7-8-16)17(20)11-14-12-21-10-9-18-14;/h13-16,18H,2-12H2,1H3;1H. The van der Waals surface area contributed by atoms with Gasteiger partial charge in [0, 0.05) is 42.6 Å². The molecule has 5 heteroatoms. The van der Waals surface area contributed by atoms with Crippen LogP contribution in [0.3, 0.4) is 0 Å². The molecule has 22 heavy (non-hydrogen) atoms. The lowest BCUT2D eigenvalue weighted by Crippen LogP contribution is -2.47. The molecular formula is C17H31ClN2OS. The summed E-state index contributed by atoms with van der Waals surface area (Å²) in [6.07, 6.45) is 9.66. The highest BCUT2D eigenvalue weighted by molar-refractivity contribution is 7.99. The third-order valence-electron chi connectivity index (χ3n) is 5.43. The molecule has 2 saturated carbocycles. The molecule has 128 valence electrons. The minimum absolute atomic E-state index is 0. The van der Waals surface area contributed by atoms with Crippen molar-refractivity contribution in [1.82, 2.24) is 10.2 Å². The number of amides is 1. The molecule has 1 aliphatic heterocycles. The second-order valence-corrected chi connectivity index (χ2v) is 8.19. The Labute approximate surface area is 145 Å². The van der Waals surface area contributed by atoms with Crippen LogP contribution >= 0.6 is 24.2 Å². The maximum atomic E-state index is 12.8. The van der Waals surface area contributed by atoms with Crippen LogP contribution in [0.2, 0.25) is 0 Å². The van der Waals surface area contributed by atoms with Crippen molar-refractivity contribution in [3.05, 3.63) is 0 Å². The van der Waals surface area contributed by atoms with Crippen LogP contribution in [-0.4, -0.2) is 47.0 Å². The number of carbonyl (C=O) groups excluding carboxylic acids is 1. The topological polar surface area (TPSA) is 32.3 Å². The van der Waals surface area contributed by atoms with Crippen molar-refractivity contribution in [3.8, 4) is 0 Å². The Hall–Kier alpha value is 0.0700. The van der Waals surface area contributed by atoms with Crippen molar-refractivity contribution >= 4 is 30.1 Å². The van der Waals surface area contributed by atoms with Crippen LogP contribution in [-0.2, 0) is 4.79 Å². The van der Waals surface area contributed by atoms with Gasteiger partial charge in [0.25, 0.3) is 0 Å². The number of halogens is 1. The summed E-state index contributed by atoms with van der Waals surface area (Å²) < 4.78 is 0. The van der Waals surface area contributed by atoms with Crippen LogP contribution in [0.15, 0.2) is 0 Å². The Balaban J connectivity index is 0.00000176. The number of carbonyl (C=O) groups is 1. The molecule has 3 fully saturated rings. The average Bonchev–Trinajstić information content (AvgIpc) is 3.34. The predicted molar refractivity (Wildman–Crippen MR) is 96.9 cm³/mol. The lowest BCUT2D eigenvalue weighted by atomic mass is 9.83. The SMILES string of the molecule is CCC1CCC(N(C(=O)CC2CSCCN2)C2CC2)CC1.Cl. The van der Waals surface area contributed by atoms with Crippen molar-refractivity contribution in [3.63, 3.8) is 0 Å². The molecule has 2 aliphatic carbocycles. The summed E-state index contributed by atoms with van der Waals surface area (Å²) in [6, 6.07) is 1.53. The van der Waals surface area contributed by atoms with Crippen LogP contribution in [0.5, 0.6) is 0 Å². The fourth-order valence-corrected chi connectivity index (χ4v) is 4.91. The van der Waals surface area contributed by atoms with Gasteiger partial charge in [-0.05, 0) is 44.4 Å². The number of rotatable bonds is 5. The van der Waals surface area contributed by atoms with E-state index in [-0.39, 0.29) is 12.4 Å². The van der Waals surface area contributed by atoms with Gasteiger partial charge in [-0.25, -0.2) is 0 Å². The van der Waals surface area contributed by atoms with Gasteiger partial charge in [0.1, 0.15) is 0 Å². The molecule has 1 N–H and O–H groups in total. The van der Waals surface area contributed by atoms with Crippen LogP contribution in [0.1, 0.15) is 58.3 Å². The number of nitrogens with zero attached hydrogens (tertiary/aromatic N) is 1. The smallest absolute Gasteiger partial charge is 0.224 e. The Morgan fingerprint density at radius 2 is 1.77 bits per heavy atom. The summed E-state index contributed by atoms with van der Waals surface area (Å²) in [7, 11) is 0. The molecule has 0 aromatic rings. The van der Waals surface area contributed by atoms with Gasteiger partial charge in [-0.1, -0.05) is 13.3 Å². The van der Waals surface area contributed by atoms with Crippen molar-refractivity contribution < 1.29 is 4.79 Å². The van der Waals surface area contributed by atoms with E-state index in [0.717, 1.165) is 24.6 Å². The monoisotopic (exact) mass is 346 g/mol. The first-order chi connectivity index (χ1) is 10.3. The summed E-state index contributed by atoms with van der Waals surface area (Å²) in [6.45, 7) is 3.37. The molecular weight excluding hydrogens is 316 g/mol. The molecule has 0 bridgehead atoms. The molecule has 3 nitrogen and oxygen atoms in total. The van der Waals surface area contributed by atoms with Gasteiger partial charge in [0.15, 0.2) is 0 Å². The van der Waals surface area contributed by atoms with Gasteiger partial charge >= 0.3 is 0 Å². The first kappa shape index (κ1) is 18.4. The van der Waals surface area contributed by atoms with Gasteiger partial charge in [0.2, 0.25) is 5.91 Å². The summed E-state index contributed by atoms with van der Waals surface area (Å²) in [5.41, 5.74) is 0. The van der Waals surface area contributed by atoms with Gasteiger partial charge in [-0.2, -0.15) is 11.8 Å². The molecule has 0 spiro atoms. The van der Waals surface area contributed by atoms with E-state index >= 15 is 0 Å². The third-order valence-corrected chi connectivity index (χ3v) is 6.57. The van der Waals surface area contributed by atoms with Crippen LogP contribution in [0, 0.1) is 5.92 Å². The summed E-state index contributed by atoms with van der Waals surface area (Å²) in [5.74, 6) is 3.64. The van der Waals surface area contributed by atoms with E-state index in [2.05, 4.69) is 17.1 Å². The predicted octanol–water partition coefficient (Wildman–Crippen LogP) is 3.46. The molecule has 1 saturated heterocycles. The van der Waals surface area contributed by atoms with E-state index in [1.165, 1.54) is 50.7 Å². The number of hydrogen-bond acceptors (Lipinski definition) is 3. The van der Waals surface area contributed by atoms with E-state index in [1.54, 1.807) is 0 Å². The first-order valence-corrected chi connectivity index (χ1v) is 10.1. The highest BCUT2D eigenvalue weighted by Crippen LogP contribution is 2.36. The molecule has 0 aromatic carbocycles. The summed E-state index contributed by atoms with van der Waals surface area (Å²) in [4.78, 5) is 15.1. The Morgan fingerprint density at radius 3 is 2.27 bits per heavy atom. The molecule has 1 atom stereocenters. The third kappa shape index (κ3) is 4.78. The zero-order valence-corrected chi connectivity index (χ0v) is 15.4. The first-order valence-electron chi connectivity index (χ1n) is 8.90. The largest absolute Gasteiger partial charge is 0.337 e. The zero-order chi connectivity index (χ0) is 14.7. The quantitative estimate of drug-likeness (QED) is 0.827. The van der Waals surface area contributed by atoms with Crippen LogP contribution in [0.25, 0.3) is 0 Å². The van der Waals surface area contributed by atoms with E-state index < -0.39 is 0 Å². The van der Waals surface area contributed by atoms with Crippen molar-refractivity contribution in [2.75, 3.05) is 18.1 Å². The van der Waals surface area contributed by atoms with Crippen molar-refractivity contribution in [2.45, 2.75) is 76.4 Å². The maximum Gasteiger partial charge on any atom is 0.224 e. The van der Waals surface area contributed by atoms with E-state index in [4.69, 9.17) is 0 Å². The molecule has 1 amide bonds. The van der Waals surface area contributed by atoms with Gasteiger partial charge in [-0.3, -0.25) is 4.79 Å². The van der Waals surface area contributed by atoms with Gasteiger partial charge in [0.05, 0.1) is 0 Å². The molecule has 1 heterocycles. The number of nitrogens with one attached hydrogen (secondary N) is 1. The molecule has 3 aliphatic rings. The van der Waals surface area contributed by atoms with Crippen molar-refractivity contribution in [2.24, 2.45) is 5.92 Å². The summed E-state index contributed by atoms with van der Waals surface area (Å²) in [5, 5.41) is 3.51. The van der Waals surface area contributed by atoms with Gasteiger partial charge < -0.3 is 10.2 Å². The van der Waals surface area contributed by atoms with Crippen LogP contribution in [0.4, 0.5) is 0 Å². The highest BCUT2D eigenvalue weighted by Gasteiger charge is 2.39. The Bertz CT molecular complexity index is 351. The van der Waals surface area contributed by atoms with Crippen LogP contribution < -0.4 is 5.32 Å². The molecule has 0 radical (unpaired) electrons. The number of thioether (sulfide) groups is 1. The van der Waals surface area contributed by atoms with Gasteiger partial charge in [-0.15, -0.1) is 12.4 Å². The average molecular weight is 347 g/mol. The van der Waals surface area contributed by atoms with Crippen molar-refractivity contribution in [1.29, 1.82) is 0 Å². The second-order valence-electron chi connectivity index (χ2n) is 7.05. The Kier molecular flexibility index (Phi) is 7.36. The molecule has 3 rings (SSSR count). The lowest BCUT2D eigenvalue weighted by molar-refractivity contribution is -0.135. The Morgan fingerprint density at radius 1 is 1.14 bits per heavy atom. The molecule has 0 aromatic heterocycles. The minimum Gasteiger partial charge on any atom is -0.337 e.